The van der Waals surface area contributed by atoms with Crippen LogP contribution in [0.4, 0.5) is 0 Å². The minimum absolute atomic E-state index is 0.525. The first-order valence-electron chi connectivity index (χ1n) is 2.74. The first kappa shape index (κ1) is 8.23. The van der Waals surface area contributed by atoms with Crippen molar-refractivity contribution in [2.45, 2.75) is 6.92 Å². The molecule has 0 saturated heterocycles. The van der Waals surface area contributed by atoms with Gasteiger partial charge >= 0.3 is 7.48 Å². The van der Waals surface area contributed by atoms with Crippen LogP contribution in [0, 0.1) is 0 Å². The Hall–Kier alpha value is -0.765. The molecule has 0 rings (SSSR count). The van der Waals surface area contributed by atoms with Crippen LogP contribution in [0.15, 0.2) is 16.7 Å². The minimum atomic E-state index is 0.525. The van der Waals surface area contributed by atoms with Crippen molar-refractivity contribution < 1.29 is 5.02 Å². The summed E-state index contributed by atoms with van der Waals surface area (Å²) in [5.74, 6) is 0. The normalized spacial score (nSPS) is 12.4. The van der Waals surface area contributed by atoms with Crippen molar-refractivity contribution in [3.05, 3.63) is 11.7 Å². The third kappa shape index (κ3) is 3.79. The van der Waals surface area contributed by atoms with Crippen LogP contribution in [0.5, 0.6) is 0 Å². The van der Waals surface area contributed by atoms with Gasteiger partial charge in [-0.15, -0.1) is 0 Å². The van der Waals surface area contributed by atoms with Crippen molar-refractivity contribution in [2.75, 3.05) is 6.54 Å². The van der Waals surface area contributed by atoms with Gasteiger partial charge in [0.2, 0.25) is 0 Å². The van der Waals surface area contributed by atoms with Crippen LogP contribution in [-0.4, -0.2) is 25.3 Å². The first-order chi connectivity index (χ1) is 4.35. The van der Waals surface area contributed by atoms with E-state index in [-0.39, 0.29) is 0 Å². The summed E-state index contributed by atoms with van der Waals surface area (Å²) in [7, 11) is 0.916. The van der Waals surface area contributed by atoms with Crippen LogP contribution in [-0.2, 0) is 0 Å². The lowest BCUT2D eigenvalue weighted by Crippen LogP contribution is -1.99. The number of aliphatic imine (C=N–C) groups is 1. The maximum Gasteiger partial charge on any atom is 0.329 e. The van der Waals surface area contributed by atoms with Crippen LogP contribution in [0.25, 0.3) is 0 Å². The standard InChI is InChI=1S/C5H10BN2O/c1-2-8-4-5(3-7)6-9/h3-4,9H,2,7H2,1H3/b5-3+,8-4?. The van der Waals surface area contributed by atoms with E-state index in [0.29, 0.717) is 12.0 Å². The van der Waals surface area contributed by atoms with Crippen LogP contribution in [0.3, 0.4) is 0 Å². The second kappa shape index (κ2) is 5.37. The van der Waals surface area contributed by atoms with E-state index in [9.17, 15) is 0 Å². The van der Waals surface area contributed by atoms with Gasteiger partial charge in [-0.1, -0.05) is 0 Å². The van der Waals surface area contributed by atoms with Crippen molar-refractivity contribution in [1.82, 2.24) is 0 Å². The smallest absolute Gasteiger partial charge is 0.329 e. The summed E-state index contributed by atoms with van der Waals surface area (Å²) in [6.45, 7) is 2.60. The Morgan fingerprint density at radius 1 is 1.89 bits per heavy atom. The molecule has 0 atom stereocenters. The Morgan fingerprint density at radius 2 is 2.56 bits per heavy atom. The maximum atomic E-state index is 8.39. The van der Waals surface area contributed by atoms with Gasteiger partial charge in [0.15, 0.2) is 0 Å². The predicted octanol–water partition coefficient (Wildman–Crippen LogP) is -0.511. The zero-order valence-corrected chi connectivity index (χ0v) is 5.41. The number of rotatable bonds is 3. The van der Waals surface area contributed by atoms with Gasteiger partial charge in [0, 0.05) is 12.8 Å². The minimum Gasteiger partial charge on any atom is -0.450 e. The van der Waals surface area contributed by atoms with Crippen molar-refractivity contribution in [1.29, 1.82) is 0 Å². The molecule has 3 N–H and O–H groups in total. The average Bonchev–Trinajstić information content (AvgIpc) is 1.91. The van der Waals surface area contributed by atoms with Crippen LogP contribution in [0.2, 0.25) is 0 Å². The molecule has 4 heteroatoms. The summed E-state index contributed by atoms with van der Waals surface area (Å²) in [4.78, 5) is 3.85. The van der Waals surface area contributed by atoms with E-state index < -0.39 is 0 Å². The molecule has 0 aromatic carbocycles. The van der Waals surface area contributed by atoms with Crippen molar-refractivity contribution >= 4 is 13.7 Å². The molecule has 0 bridgehead atoms. The maximum absolute atomic E-state index is 8.39. The van der Waals surface area contributed by atoms with Gasteiger partial charge in [-0.25, -0.2) is 0 Å². The molecule has 0 aliphatic rings. The molecular weight excluding hydrogens is 115 g/mol. The summed E-state index contributed by atoms with van der Waals surface area (Å²) in [6.07, 6.45) is 2.80. The van der Waals surface area contributed by atoms with E-state index in [1.807, 2.05) is 6.92 Å². The Morgan fingerprint density at radius 3 is 2.89 bits per heavy atom. The fourth-order valence-corrected chi connectivity index (χ4v) is 0.316. The number of nitrogens with two attached hydrogens (primary N) is 1. The predicted molar refractivity (Wildman–Crippen MR) is 39.3 cm³/mol. The number of allylic oxidation sites excluding steroid dienone is 1. The monoisotopic (exact) mass is 125 g/mol. The van der Waals surface area contributed by atoms with E-state index in [0.717, 1.165) is 7.48 Å². The molecule has 9 heavy (non-hydrogen) atoms. The van der Waals surface area contributed by atoms with Crippen molar-refractivity contribution in [2.24, 2.45) is 10.7 Å². The molecule has 0 aliphatic heterocycles. The van der Waals surface area contributed by atoms with Gasteiger partial charge in [0.05, 0.1) is 0 Å². The molecule has 0 spiro atoms. The molecule has 1 radical (unpaired) electrons. The molecule has 3 nitrogen and oxygen atoms in total. The fourth-order valence-electron chi connectivity index (χ4n) is 0.316. The van der Waals surface area contributed by atoms with Gasteiger partial charge in [-0.05, 0) is 18.6 Å². The lowest BCUT2D eigenvalue weighted by Gasteiger charge is -1.87. The third-order valence-corrected chi connectivity index (χ3v) is 0.764. The molecule has 0 saturated carbocycles. The van der Waals surface area contributed by atoms with Gasteiger partial charge in [-0.3, -0.25) is 4.99 Å². The van der Waals surface area contributed by atoms with Crippen molar-refractivity contribution in [3.63, 3.8) is 0 Å². The van der Waals surface area contributed by atoms with E-state index in [2.05, 4.69) is 4.99 Å². The second-order valence-electron chi connectivity index (χ2n) is 1.42. The van der Waals surface area contributed by atoms with Gasteiger partial charge in [0.1, 0.15) is 0 Å². The number of hydrogen-bond donors (Lipinski definition) is 2. The van der Waals surface area contributed by atoms with Crippen molar-refractivity contribution in [3.8, 4) is 0 Å². The summed E-state index contributed by atoms with van der Waals surface area (Å²) in [6, 6.07) is 0. The Balaban J connectivity index is 3.70. The zero-order valence-electron chi connectivity index (χ0n) is 5.41. The lowest BCUT2D eigenvalue weighted by molar-refractivity contribution is 0.613. The number of nitrogens with zero attached hydrogens (tertiary/aromatic N) is 1. The highest BCUT2D eigenvalue weighted by Crippen LogP contribution is 1.80. The molecule has 0 fully saturated rings. The Labute approximate surface area is 55.6 Å². The SMILES string of the molecule is CCN=C/C([B]O)=C\N. The molecule has 0 aliphatic carbocycles. The average molecular weight is 125 g/mol. The second-order valence-corrected chi connectivity index (χ2v) is 1.42. The zero-order chi connectivity index (χ0) is 7.11. The molecule has 0 aromatic rings. The van der Waals surface area contributed by atoms with Crippen LogP contribution < -0.4 is 5.73 Å². The highest BCUT2D eigenvalue weighted by molar-refractivity contribution is 6.44. The quantitative estimate of drug-likeness (QED) is 0.394. The van der Waals surface area contributed by atoms with E-state index in [4.69, 9.17) is 10.8 Å². The molecule has 49 valence electrons. The van der Waals surface area contributed by atoms with E-state index in [1.54, 1.807) is 0 Å². The highest BCUT2D eigenvalue weighted by atomic mass is 16.2. The van der Waals surface area contributed by atoms with Gasteiger partial charge in [0.25, 0.3) is 0 Å². The largest absolute Gasteiger partial charge is 0.450 e. The topological polar surface area (TPSA) is 58.6 Å². The highest BCUT2D eigenvalue weighted by Gasteiger charge is 1.88. The molecule has 0 aromatic heterocycles. The lowest BCUT2D eigenvalue weighted by atomic mass is 9.90. The Kier molecular flexibility index (Phi) is 4.92. The summed E-state index contributed by atoms with van der Waals surface area (Å²) < 4.78 is 0. The van der Waals surface area contributed by atoms with E-state index in [1.165, 1.54) is 12.4 Å². The van der Waals surface area contributed by atoms with Gasteiger partial charge < -0.3 is 10.8 Å². The van der Waals surface area contributed by atoms with Crippen LogP contribution in [0.1, 0.15) is 6.92 Å². The Bertz CT molecular complexity index is 122. The first-order valence-corrected chi connectivity index (χ1v) is 2.74. The number of hydrogen-bond acceptors (Lipinski definition) is 3. The van der Waals surface area contributed by atoms with E-state index >= 15 is 0 Å². The van der Waals surface area contributed by atoms with Gasteiger partial charge in [-0.2, -0.15) is 0 Å². The third-order valence-electron chi connectivity index (χ3n) is 0.764. The fraction of sp³-hybridized carbons (Fsp3) is 0.400. The molecule has 0 heterocycles. The van der Waals surface area contributed by atoms with Crippen LogP contribution >= 0.6 is 0 Å². The molecular formula is C5H10BN2O. The summed E-state index contributed by atoms with van der Waals surface area (Å²) >= 11 is 0. The molecule has 0 unspecified atom stereocenters. The molecule has 0 amide bonds. The summed E-state index contributed by atoms with van der Waals surface area (Å²) in [5, 5.41) is 8.39. The summed E-state index contributed by atoms with van der Waals surface area (Å²) in [5.41, 5.74) is 5.60.